The van der Waals surface area contributed by atoms with E-state index in [2.05, 4.69) is 48.5 Å². The van der Waals surface area contributed by atoms with Crippen LogP contribution in [0.3, 0.4) is 0 Å². The van der Waals surface area contributed by atoms with Gasteiger partial charge in [0.1, 0.15) is 0 Å². The van der Waals surface area contributed by atoms with Crippen LogP contribution in [0.4, 0.5) is 5.69 Å². The summed E-state index contributed by atoms with van der Waals surface area (Å²) in [6, 6.07) is 18.8. The highest BCUT2D eigenvalue weighted by Crippen LogP contribution is 2.53. The van der Waals surface area contributed by atoms with Crippen LogP contribution in [-0.2, 0) is 0 Å². The van der Waals surface area contributed by atoms with Crippen LogP contribution in [-0.4, -0.2) is 11.2 Å². The van der Waals surface area contributed by atoms with Gasteiger partial charge >= 0.3 is 0 Å². The highest BCUT2D eigenvalue weighted by atomic mass is 14.8. The van der Waals surface area contributed by atoms with Gasteiger partial charge in [0.05, 0.1) is 11.2 Å². The Morgan fingerprint density at radius 2 is 1.54 bits per heavy atom. The van der Waals surface area contributed by atoms with E-state index in [1.54, 1.807) is 0 Å². The number of aliphatic imine (C=N–C) groups is 1. The molecule has 0 saturated heterocycles. The van der Waals surface area contributed by atoms with Crippen molar-refractivity contribution >= 4 is 22.8 Å². The molecular formula is C22H20N2. The van der Waals surface area contributed by atoms with Gasteiger partial charge in [-0.2, -0.15) is 0 Å². The second-order valence-corrected chi connectivity index (χ2v) is 6.99. The molecule has 2 nitrogen and oxygen atoms in total. The summed E-state index contributed by atoms with van der Waals surface area (Å²) in [6.45, 7) is 0. The third kappa shape index (κ3) is 2.17. The summed E-state index contributed by atoms with van der Waals surface area (Å²) >= 11 is 0. The molecule has 0 radical (unpaired) electrons. The number of benzene rings is 2. The summed E-state index contributed by atoms with van der Waals surface area (Å²) in [7, 11) is 0. The van der Waals surface area contributed by atoms with Crippen molar-refractivity contribution in [1.82, 2.24) is 4.98 Å². The summed E-state index contributed by atoms with van der Waals surface area (Å²) in [5.41, 5.74) is 6.16. The zero-order valence-electron chi connectivity index (χ0n) is 13.7. The van der Waals surface area contributed by atoms with Gasteiger partial charge in [-0.3, -0.25) is 9.98 Å². The quantitative estimate of drug-likeness (QED) is 0.554. The van der Waals surface area contributed by atoms with Gasteiger partial charge in [0.2, 0.25) is 0 Å². The van der Waals surface area contributed by atoms with Crippen LogP contribution in [0, 0.1) is 0 Å². The Labute approximate surface area is 142 Å². The van der Waals surface area contributed by atoms with Gasteiger partial charge < -0.3 is 0 Å². The fourth-order valence-electron chi connectivity index (χ4n) is 4.41. The lowest BCUT2D eigenvalue weighted by Crippen LogP contribution is -2.23. The van der Waals surface area contributed by atoms with Crippen LogP contribution in [0.15, 0.2) is 59.6 Å². The molecule has 3 aliphatic rings. The van der Waals surface area contributed by atoms with E-state index in [9.17, 15) is 0 Å². The van der Waals surface area contributed by atoms with E-state index >= 15 is 0 Å². The molecule has 3 aliphatic carbocycles. The zero-order chi connectivity index (χ0) is 15.9. The Kier molecular flexibility index (Phi) is 3.22. The number of rotatable bonds is 2. The maximum absolute atomic E-state index is 5.04. The van der Waals surface area contributed by atoms with Crippen molar-refractivity contribution in [2.24, 2.45) is 4.99 Å². The van der Waals surface area contributed by atoms with Gasteiger partial charge in [-0.25, -0.2) is 0 Å². The van der Waals surface area contributed by atoms with Crippen molar-refractivity contribution < 1.29 is 0 Å². The van der Waals surface area contributed by atoms with Gasteiger partial charge in [-0.15, -0.1) is 0 Å². The second-order valence-electron chi connectivity index (χ2n) is 6.99. The summed E-state index contributed by atoms with van der Waals surface area (Å²) in [6.07, 6.45) is 7.19. The van der Waals surface area contributed by atoms with Gasteiger partial charge in [0.15, 0.2) is 0 Å². The molecule has 24 heavy (non-hydrogen) atoms. The predicted octanol–water partition coefficient (Wildman–Crippen LogP) is 5.74. The summed E-state index contributed by atoms with van der Waals surface area (Å²) in [4.78, 5) is 10.0. The van der Waals surface area contributed by atoms with Crippen molar-refractivity contribution in [3.63, 3.8) is 0 Å². The lowest BCUT2D eigenvalue weighted by atomic mass is 9.68. The SMILES string of the molecule is C(=Nc1c2c(nc3ccccc13)C1CCC2CC1)c1ccccc1. The topological polar surface area (TPSA) is 25.2 Å². The van der Waals surface area contributed by atoms with Crippen LogP contribution >= 0.6 is 0 Å². The molecule has 1 aromatic heterocycles. The molecule has 0 N–H and O–H groups in total. The van der Waals surface area contributed by atoms with Gasteiger partial charge in [0, 0.05) is 28.8 Å². The highest BCUT2D eigenvalue weighted by molar-refractivity contribution is 5.95. The molecule has 6 rings (SSSR count). The van der Waals surface area contributed by atoms with Crippen LogP contribution in [0.1, 0.15) is 54.3 Å². The smallest absolute Gasteiger partial charge is 0.0776 e. The van der Waals surface area contributed by atoms with Gasteiger partial charge in [-0.1, -0.05) is 48.5 Å². The van der Waals surface area contributed by atoms with Crippen LogP contribution in [0.25, 0.3) is 10.9 Å². The average Bonchev–Trinajstić information content (AvgIpc) is 2.67. The van der Waals surface area contributed by atoms with Crippen LogP contribution in [0.2, 0.25) is 0 Å². The lowest BCUT2D eigenvalue weighted by Gasteiger charge is -2.38. The Morgan fingerprint density at radius 3 is 2.38 bits per heavy atom. The molecule has 0 spiro atoms. The van der Waals surface area contributed by atoms with Crippen molar-refractivity contribution in [1.29, 1.82) is 0 Å². The molecule has 1 saturated carbocycles. The second kappa shape index (κ2) is 5.55. The van der Waals surface area contributed by atoms with Gasteiger partial charge in [0.25, 0.3) is 0 Å². The number of para-hydroxylation sites is 1. The van der Waals surface area contributed by atoms with Crippen molar-refractivity contribution in [3.8, 4) is 0 Å². The number of pyridine rings is 1. The molecule has 1 heterocycles. The average molecular weight is 312 g/mol. The zero-order valence-corrected chi connectivity index (χ0v) is 13.7. The minimum absolute atomic E-state index is 0.639. The molecule has 0 atom stereocenters. The number of hydrogen-bond acceptors (Lipinski definition) is 2. The van der Waals surface area contributed by atoms with Crippen LogP contribution < -0.4 is 0 Å². The first-order valence-corrected chi connectivity index (χ1v) is 8.92. The summed E-state index contributed by atoms with van der Waals surface area (Å²) in [5.74, 6) is 1.28. The molecule has 0 unspecified atom stereocenters. The van der Waals surface area contributed by atoms with Crippen LogP contribution in [0.5, 0.6) is 0 Å². The van der Waals surface area contributed by atoms with Crippen molar-refractivity contribution in [2.75, 3.05) is 0 Å². The molecule has 0 aliphatic heterocycles. The molecule has 2 heteroatoms. The Balaban J connectivity index is 1.74. The molecule has 3 aromatic rings. The van der Waals surface area contributed by atoms with E-state index in [1.807, 2.05) is 12.3 Å². The molecule has 0 amide bonds. The number of hydrogen-bond donors (Lipinski definition) is 0. The summed E-state index contributed by atoms with van der Waals surface area (Å²) in [5, 5.41) is 1.19. The number of aromatic nitrogens is 1. The maximum Gasteiger partial charge on any atom is 0.0776 e. The predicted molar refractivity (Wildman–Crippen MR) is 99.4 cm³/mol. The first-order valence-electron chi connectivity index (χ1n) is 8.92. The first-order chi connectivity index (χ1) is 11.9. The third-order valence-corrected chi connectivity index (χ3v) is 5.60. The van der Waals surface area contributed by atoms with E-state index in [1.165, 1.54) is 42.3 Å². The maximum atomic E-state index is 5.04. The van der Waals surface area contributed by atoms with E-state index in [0.29, 0.717) is 11.8 Å². The third-order valence-electron chi connectivity index (χ3n) is 5.60. The first kappa shape index (κ1) is 13.9. The Hall–Kier alpha value is -2.48. The monoisotopic (exact) mass is 312 g/mol. The van der Waals surface area contributed by atoms with Gasteiger partial charge in [-0.05, 0) is 43.2 Å². The fourth-order valence-corrected chi connectivity index (χ4v) is 4.41. The molecule has 2 bridgehead atoms. The molecule has 2 aromatic carbocycles. The minimum Gasteiger partial charge on any atom is -0.255 e. The van der Waals surface area contributed by atoms with E-state index in [4.69, 9.17) is 9.98 Å². The highest BCUT2D eigenvalue weighted by Gasteiger charge is 2.36. The Morgan fingerprint density at radius 1 is 0.833 bits per heavy atom. The fraction of sp³-hybridized carbons (Fsp3) is 0.273. The minimum atomic E-state index is 0.639. The summed E-state index contributed by atoms with van der Waals surface area (Å²) < 4.78 is 0. The van der Waals surface area contributed by atoms with E-state index < -0.39 is 0 Å². The lowest BCUT2D eigenvalue weighted by molar-refractivity contribution is 0.352. The van der Waals surface area contributed by atoms with E-state index in [0.717, 1.165) is 16.8 Å². The molecule has 1 fully saturated rings. The number of nitrogens with zero attached hydrogens (tertiary/aromatic N) is 2. The van der Waals surface area contributed by atoms with E-state index in [-0.39, 0.29) is 0 Å². The Bertz CT molecular complexity index is 919. The van der Waals surface area contributed by atoms with Crippen molar-refractivity contribution in [3.05, 3.63) is 71.4 Å². The molecule has 118 valence electrons. The largest absolute Gasteiger partial charge is 0.255 e. The normalized spacial score (nSPS) is 22.2. The number of fused-ring (bicyclic) bond motifs is 3. The molecular weight excluding hydrogens is 292 g/mol. The van der Waals surface area contributed by atoms with Crippen molar-refractivity contribution in [2.45, 2.75) is 37.5 Å². The standard InChI is InChI=1S/C22H20N2/c1-2-6-15(7-3-1)14-23-22-18-8-4-5-9-19(18)24-21-17-12-10-16(11-13-17)20(21)22/h1-9,14,16-17H,10-13H2.